The summed E-state index contributed by atoms with van der Waals surface area (Å²) < 4.78 is 24.3. The fourth-order valence-corrected chi connectivity index (χ4v) is 5.47. The first kappa shape index (κ1) is 13.8. The maximum Gasteiger partial charge on any atom is 0.178 e. The van der Waals surface area contributed by atoms with Gasteiger partial charge in [0.25, 0.3) is 0 Å². The Morgan fingerprint density at radius 1 is 1.05 bits per heavy atom. The van der Waals surface area contributed by atoms with E-state index in [-0.39, 0.29) is 11.8 Å². The first-order chi connectivity index (χ1) is 10.1. The van der Waals surface area contributed by atoms with Crippen LogP contribution in [0.25, 0.3) is 0 Å². The van der Waals surface area contributed by atoms with Gasteiger partial charge in [0, 0.05) is 6.04 Å². The van der Waals surface area contributed by atoms with Crippen LogP contribution in [0, 0.1) is 17.8 Å². The standard InChI is InChI=1S/C17H23NO2S/c19-21(20)10-9-16(14-3-1-2-4-17(14)21)18-11-15(12-5-6-12)13-7-8-13/h1-4,12-13,15-16,18H,5-11H2. The number of rotatable bonds is 5. The Bertz CT molecular complexity index is 620. The number of hydrogen-bond donors (Lipinski definition) is 1. The summed E-state index contributed by atoms with van der Waals surface area (Å²) >= 11 is 0. The van der Waals surface area contributed by atoms with E-state index in [1.54, 1.807) is 6.07 Å². The van der Waals surface area contributed by atoms with Crippen LogP contribution < -0.4 is 5.32 Å². The zero-order valence-corrected chi connectivity index (χ0v) is 13.1. The van der Waals surface area contributed by atoms with Gasteiger partial charge in [0.05, 0.1) is 10.6 Å². The zero-order chi connectivity index (χ0) is 14.4. The van der Waals surface area contributed by atoms with Gasteiger partial charge in [-0.2, -0.15) is 0 Å². The van der Waals surface area contributed by atoms with Crippen molar-refractivity contribution in [3.05, 3.63) is 29.8 Å². The lowest BCUT2D eigenvalue weighted by atomic mass is 9.96. The summed E-state index contributed by atoms with van der Waals surface area (Å²) in [6, 6.07) is 7.73. The Morgan fingerprint density at radius 2 is 1.71 bits per heavy atom. The Hall–Kier alpha value is -0.870. The second kappa shape index (κ2) is 5.10. The van der Waals surface area contributed by atoms with Crippen molar-refractivity contribution in [2.45, 2.75) is 43.0 Å². The number of nitrogens with one attached hydrogen (secondary N) is 1. The largest absolute Gasteiger partial charge is 0.310 e. The van der Waals surface area contributed by atoms with Crippen LogP contribution in [-0.2, 0) is 9.84 Å². The van der Waals surface area contributed by atoms with Crippen molar-refractivity contribution < 1.29 is 8.42 Å². The molecular formula is C17H23NO2S. The first-order valence-corrected chi connectivity index (χ1v) is 9.85. The number of hydrogen-bond acceptors (Lipinski definition) is 3. The van der Waals surface area contributed by atoms with Gasteiger partial charge in [-0.05, 0) is 68.0 Å². The molecule has 0 radical (unpaired) electrons. The maximum atomic E-state index is 12.2. The van der Waals surface area contributed by atoms with Gasteiger partial charge in [0.1, 0.15) is 0 Å². The Balaban J connectivity index is 1.50. The second-order valence-electron chi connectivity index (χ2n) is 6.94. The van der Waals surface area contributed by atoms with Gasteiger partial charge < -0.3 is 5.32 Å². The van der Waals surface area contributed by atoms with Crippen LogP contribution in [0.2, 0.25) is 0 Å². The highest BCUT2D eigenvalue weighted by Crippen LogP contribution is 2.49. The summed E-state index contributed by atoms with van der Waals surface area (Å²) in [4.78, 5) is 0.545. The molecule has 2 fully saturated rings. The molecule has 2 aliphatic carbocycles. The molecule has 0 saturated heterocycles. The van der Waals surface area contributed by atoms with E-state index >= 15 is 0 Å². The van der Waals surface area contributed by atoms with E-state index in [1.165, 1.54) is 25.7 Å². The number of benzene rings is 1. The number of fused-ring (bicyclic) bond motifs is 1. The van der Waals surface area contributed by atoms with Gasteiger partial charge in [0.2, 0.25) is 0 Å². The van der Waals surface area contributed by atoms with Gasteiger partial charge in [-0.1, -0.05) is 18.2 Å². The Kier molecular flexibility index (Phi) is 3.34. The molecule has 1 N–H and O–H groups in total. The van der Waals surface area contributed by atoms with Crippen LogP contribution in [0.15, 0.2) is 29.2 Å². The third-order valence-corrected chi connectivity index (χ3v) is 7.17. The highest BCUT2D eigenvalue weighted by atomic mass is 32.2. The highest BCUT2D eigenvalue weighted by Gasteiger charge is 2.41. The predicted octanol–water partition coefficient (Wildman–Crippen LogP) is 2.93. The van der Waals surface area contributed by atoms with Crippen LogP contribution in [0.3, 0.4) is 0 Å². The minimum Gasteiger partial charge on any atom is -0.310 e. The molecule has 1 aromatic carbocycles. The Labute approximate surface area is 127 Å². The van der Waals surface area contributed by atoms with Gasteiger partial charge >= 0.3 is 0 Å². The van der Waals surface area contributed by atoms with E-state index in [2.05, 4.69) is 5.32 Å². The van der Waals surface area contributed by atoms with E-state index in [0.29, 0.717) is 11.3 Å². The summed E-state index contributed by atoms with van der Waals surface area (Å²) in [6.07, 6.45) is 6.31. The lowest BCUT2D eigenvalue weighted by Gasteiger charge is -2.28. The van der Waals surface area contributed by atoms with Crippen molar-refractivity contribution >= 4 is 9.84 Å². The third-order valence-electron chi connectivity index (χ3n) is 5.36. The van der Waals surface area contributed by atoms with Crippen LogP contribution in [0.5, 0.6) is 0 Å². The molecule has 3 nitrogen and oxygen atoms in total. The van der Waals surface area contributed by atoms with E-state index in [0.717, 1.165) is 29.9 Å². The summed E-state index contributed by atoms with van der Waals surface area (Å²) in [7, 11) is -3.06. The normalized spacial score (nSPS) is 27.6. The molecule has 1 unspecified atom stereocenters. The quantitative estimate of drug-likeness (QED) is 0.910. The third kappa shape index (κ3) is 2.76. The fourth-order valence-electron chi connectivity index (χ4n) is 3.85. The molecule has 1 heterocycles. The minimum absolute atomic E-state index is 0.213. The van der Waals surface area contributed by atoms with E-state index in [9.17, 15) is 8.42 Å². The minimum atomic E-state index is -3.06. The average Bonchev–Trinajstić information content (AvgIpc) is 3.36. The molecule has 4 rings (SSSR count). The molecular weight excluding hydrogens is 282 g/mol. The van der Waals surface area contributed by atoms with Gasteiger partial charge in [0.15, 0.2) is 9.84 Å². The monoisotopic (exact) mass is 305 g/mol. The van der Waals surface area contributed by atoms with E-state index < -0.39 is 9.84 Å². The molecule has 0 amide bonds. The van der Waals surface area contributed by atoms with Crippen LogP contribution in [0.4, 0.5) is 0 Å². The molecule has 21 heavy (non-hydrogen) atoms. The van der Waals surface area contributed by atoms with Crippen LogP contribution >= 0.6 is 0 Å². The second-order valence-corrected chi connectivity index (χ2v) is 9.02. The average molecular weight is 305 g/mol. The summed E-state index contributed by atoms with van der Waals surface area (Å²) in [6.45, 7) is 1.06. The topological polar surface area (TPSA) is 46.2 Å². The molecule has 0 spiro atoms. The molecule has 1 aromatic rings. The van der Waals surface area contributed by atoms with Crippen molar-refractivity contribution in [3.63, 3.8) is 0 Å². The SMILES string of the molecule is O=S1(=O)CCC(NCC(C2CC2)C2CC2)c2ccccc21. The molecule has 1 atom stereocenters. The molecule has 3 aliphatic rings. The Morgan fingerprint density at radius 3 is 2.38 bits per heavy atom. The highest BCUT2D eigenvalue weighted by molar-refractivity contribution is 7.91. The summed E-state index contributed by atoms with van der Waals surface area (Å²) in [5.41, 5.74) is 0.981. The smallest absolute Gasteiger partial charge is 0.178 e. The molecule has 4 heteroatoms. The molecule has 0 bridgehead atoms. The van der Waals surface area contributed by atoms with Crippen molar-refractivity contribution in [1.29, 1.82) is 0 Å². The molecule has 114 valence electrons. The van der Waals surface area contributed by atoms with E-state index in [1.807, 2.05) is 18.2 Å². The predicted molar refractivity (Wildman–Crippen MR) is 82.8 cm³/mol. The lowest BCUT2D eigenvalue weighted by Crippen LogP contribution is -2.34. The van der Waals surface area contributed by atoms with Crippen molar-refractivity contribution in [2.75, 3.05) is 12.3 Å². The summed E-state index contributed by atoms with van der Waals surface area (Å²) in [5.74, 6) is 2.98. The van der Waals surface area contributed by atoms with Crippen molar-refractivity contribution in [3.8, 4) is 0 Å². The fraction of sp³-hybridized carbons (Fsp3) is 0.647. The van der Waals surface area contributed by atoms with Crippen LogP contribution in [0.1, 0.15) is 43.7 Å². The van der Waals surface area contributed by atoms with Gasteiger partial charge in [-0.25, -0.2) is 8.42 Å². The zero-order valence-electron chi connectivity index (χ0n) is 12.3. The van der Waals surface area contributed by atoms with Gasteiger partial charge in [-0.3, -0.25) is 0 Å². The molecule has 1 aliphatic heterocycles. The first-order valence-electron chi connectivity index (χ1n) is 8.20. The van der Waals surface area contributed by atoms with Crippen molar-refractivity contribution in [1.82, 2.24) is 5.32 Å². The van der Waals surface area contributed by atoms with E-state index in [4.69, 9.17) is 0 Å². The molecule has 0 aromatic heterocycles. The lowest BCUT2D eigenvalue weighted by molar-refractivity contribution is 0.350. The van der Waals surface area contributed by atoms with Crippen LogP contribution in [-0.4, -0.2) is 20.7 Å². The number of sulfone groups is 1. The summed E-state index contributed by atoms with van der Waals surface area (Å²) in [5, 5.41) is 3.69. The maximum absolute atomic E-state index is 12.2. The van der Waals surface area contributed by atoms with Crippen molar-refractivity contribution in [2.24, 2.45) is 17.8 Å². The molecule has 2 saturated carbocycles. The van der Waals surface area contributed by atoms with Gasteiger partial charge in [-0.15, -0.1) is 0 Å².